The molecule has 122 valence electrons. The fourth-order valence-corrected chi connectivity index (χ4v) is 2.19. The standard InChI is InChI=1S/C13H9BrF4N4S/c14-7-2-4-20-22-12(7)21-13(23)19-3-1-6-10(17)8(15)5-9(16)11(6)18/h2,4-5H,1,3H2,(H2,19,21,22,23). The van der Waals surface area contributed by atoms with Gasteiger partial charge < -0.3 is 10.6 Å². The van der Waals surface area contributed by atoms with Crippen molar-refractivity contribution in [2.75, 3.05) is 11.9 Å². The molecule has 1 aromatic heterocycles. The summed E-state index contributed by atoms with van der Waals surface area (Å²) in [5.74, 6) is -5.37. The number of halogens is 5. The van der Waals surface area contributed by atoms with Crippen molar-refractivity contribution >= 4 is 39.1 Å². The molecular weight excluding hydrogens is 400 g/mol. The van der Waals surface area contributed by atoms with E-state index in [1.807, 2.05) is 0 Å². The minimum atomic E-state index is -1.44. The number of hydrogen-bond donors (Lipinski definition) is 2. The molecule has 0 aliphatic heterocycles. The summed E-state index contributed by atoms with van der Waals surface area (Å²) in [6.07, 6.45) is 1.17. The molecule has 0 amide bonds. The van der Waals surface area contributed by atoms with E-state index in [-0.39, 0.29) is 24.1 Å². The van der Waals surface area contributed by atoms with Gasteiger partial charge in [0.25, 0.3) is 0 Å². The van der Waals surface area contributed by atoms with Gasteiger partial charge in [0.2, 0.25) is 0 Å². The molecule has 2 rings (SSSR count). The first-order chi connectivity index (χ1) is 10.9. The number of aromatic nitrogens is 2. The quantitative estimate of drug-likeness (QED) is 0.461. The summed E-state index contributed by atoms with van der Waals surface area (Å²) in [6, 6.07) is 1.80. The summed E-state index contributed by atoms with van der Waals surface area (Å²) >= 11 is 8.21. The lowest BCUT2D eigenvalue weighted by atomic mass is 10.1. The number of anilines is 1. The normalized spacial score (nSPS) is 10.5. The predicted octanol–water partition coefficient (Wildman–Crippen LogP) is 3.32. The zero-order chi connectivity index (χ0) is 17.0. The minimum absolute atomic E-state index is 0.0412. The Morgan fingerprint density at radius 2 is 1.83 bits per heavy atom. The van der Waals surface area contributed by atoms with Crippen LogP contribution in [0.2, 0.25) is 0 Å². The van der Waals surface area contributed by atoms with Crippen molar-refractivity contribution in [2.45, 2.75) is 6.42 Å². The molecule has 0 bridgehead atoms. The highest BCUT2D eigenvalue weighted by Crippen LogP contribution is 2.20. The number of nitrogens with one attached hydrogen (secondary N) is 2. The minimum Gasteiger partial charge on any atom is -0.362 e. The Bertz CT molecular complexity index is 718. The van der Waals surface area contributed by atoms with Crippen molar-refractivity contribution in [1.82, 2.24) is 15.5 Å². The average molecular weight is 409 g/mol. The van der Waals surface area contributed by atoms with Crippen molar-refractivity contribution in [3.05, 3.63) is 51.6 Å². The van der Waals surface area contributed by atoms with E-state index in [4.69, 9.17) is 12.2 Å². The fraction of sp³-hybridized carbons (Fsp3) is 0.154. The number of nitrogens with zero attached hydrogens (tertiary/aromatic N) is 2. The van der Waals surface area contributed by atoms with Crippen LogP contribution >= 0.6 is 28.1 Å². The van der Waals surface area contributed by atoms with E-state index in [1.54, 1.807) is 6.07 Å². The zero-order valence-electron chi connectivity index (χ0n) is 11.3. The monoisotopic (exact) mass is 408 g/mol. The van der Waals surface area contributed by atoms with E-state index in [0.29, 0.717) is 10.3 Å². The molecule has 0 aliphatic carbocycles. The maximum atomic E-state index is 13.5. The van der Waals surface area contributed by atoms with Gasteiger partial charge in [0.1, 0.15) is 0 Å². The van der Waals surface area contributed by atoms with Crippen LogP contribution in [-0.4, -0.2) is 21.9 Å². The largest absolute Gasteiger partial charge is 0.362 e. The second kappa shape index (κ2) is 7.64. The number of benzene rings is 1. The summed E-state index contributed by atoms with van der Waals surface area (Å²) in [5.41, 5.74) is -0.682. The van der Waals surface area contributed by atoms with Crippen molar-refractivity contribution in [3.8, 4) is 0 Å². The van der Waals surface area contributed by atoms with Crippen LogP contribution in [0.5, 0.6) is 0 Å². The van der Waals surface area contributed by atoms with E-state index in [1.165, 1.54) is 6.20 Å². The van der Waals surface area contributed by atoms with Crippen molar-refractivity contribution < 1.29 is 17.6 Å². The number of thiocarbonyl (C=S) groups is 1. The van der Waals surface area contributed by atoms with Crippen LogP contribution in [0.3, 0.4) is 0 Å². The van der Waals surface area contributed by atoms with Crippen LogP contribution in [0.1, 0.15) is 5.56 Å². The van der Waals surface area contributed by atoms with Gasteiger partial charge in [-0.25, -0.2) is 17.6 Å². The first-order valence-electron chi connectivity index (χ1n) is 6.24. The molecule has 23 heavy (non-hydrogen) atoms. The third-order valence-corrected chi connectivity index (χ3v) is 3.65. The van der Waals surface area contributed by atoms with Crippen molar-refractivity contribution in [1.29, 1.82) is 0 Å². The Kier molecular flexibility index (Phi) is 5.83. The van der Waals surface area contributed by atoms with E-state index in [0.717, 1.165) is 0 Å². The lowest BCUT2D eigenvalue weighted by molar-refractivity contribution is 0.438. The van der Waals surface area contributed by atoms with Gasteiger partial charge in [-0.1, -0.05) is 0 Å². The molecule has 0 saturated carbocycles. The highest BCUT2D eigenvalue weighted by atomic mass is 79.9. The first-order valence-corrected chi connectivity index (χ1v) is 7.44. The maximum Gasteiger partial charge on any atom is 0.172 e. The van der Waals surface area contributed by atoms with Crippen molar-refractivity contribution in [2.24, 2.45) is 0 Å². The molecule has 2 N–H and O–H groups in total. The number of rotatable bonds is 4. The van der Waals surface area contributed by atoms with Gasteiger partial charge >= 0.3 is 0 Å². The smallest absolute Gasteiger partial charge is 0.172 e. The average Bonchev–Trinajstić information content (AvgIpc) is 2.51. The molecule has 2 aromatic rings. The van der Waals surface area contributed by atoms with Crippen LogP contribution in [0.4, 0.5) is 23.4 Å². The van der Waals surface area contributed by atoms with Crippen molar-refractivity contribution in [3.63, 3.8) is 0 Å². The summed E-state index contributed by atoms with van der Waals surface area (Å²) in [7, 11) is 0. The van der Waals surface area contributed by atoms with E-state index >= 15 is 0 Å². The Hall–Kier alpha value is -1.81. The van der Waals surface area contributed by atoms with Crippen LogP contribution in [0, 0.1) is 23.3 Å². The highest BCUT2D eigenvalue weighted by Gasteiger charge is 2.18. The third kappa shape index (κ3) is 4.35. The Balaban J connectivity index is 1.95. The summed E-state index contributed by atoms with van der Waals surface area (Å²) in [5, 5.41) is 12.9. The van der Waals surface area contributed by atoms with Gasteiger partial charge in [-0.2, -0.15) is 5.10 Å². The first kappa shape index (κ1) is 17.5. The second-order valence-electron chi connectivity index (χ2n) is 4.31. The molecule has 0 spiro atoms. The molecule has 1 heterocycles. The molecule has 4 nitrogen and oxygen atoms in total. The van der Waals surface area contributed by atoms with Crippen LogP contribution in [0.25, 0.3) is 0 Å². The fourth-order valence-electron chi connectivity index (χ4n) is 1.70. The van der Waals surface area contributed by atoms with E-state index in [2.05, 4.69) is 36.8 Å². The Labute approximate surface area is 142 Å². The lowest BCUT2D eigenvalue weighted by Gasteiger charge is -2.11. The SMILES string of the molecule is Fc1cc(F)c(F)c(CCNC(=S)Nc2nnccc2Br)c1F. The van der Waals surface area contributed by atoms with Gasteiger partial charge in [0.05, 0.1) is 10.7 Å². The molecule has 0 atom stereocenters. The van der Waals surface area contributed by atoms with Gasteiger partial charge in [0.15, 0.2) is 34.2 Å². The van der Waals surface area contributed by atoms with Crippen LogP contribution in [0.15, 0.2) is 22.8 Å². The zero-order valence-corrected chi connectivity index (χ0v) is 13.7. The molecule has 0 unspecified atom stereocenters. The number of hydrogen-bond acceptors (Lipinski definition) is 3. The van der Waals surface area contributed by atoms with Gasteiger partial charge in [-0.05, 0) is 40.6 Å². The second-order valence-corrected chi connectivity index (χ2v) is 5.57. The molecule has 0 aliphatic rings. The van der Waals surface area contributed by atoms with Gasteiger partial charge in [-0.3, -0.25) is 0 Å². The summed E-state index contributed by atoms with van der Waals surface area (Å²) in [4.78, 5) is 0. The highest BCUT2D eigenvalue weighted by molar-refractivity contribution is 9.10. The molecule has 10 heteroatoms. The lowest BCUT2D eigenvalue weighted by Crippen LogP contribution is -2.31. The molecule has 0 saturated heterocycles. The topological polar surface area (TPSA) is 49.8 Å². The summed E-state index contributed by atoms with van der Waals surface area (Å²) < 4.78 is 53.7. The third-order valence-electron chi connectivity index (χ3n) is 2.77. The van der Waals surface area contributed by atoms with Gasteiger partial charge in [-0.15, -0.1) is 5.10 Å². The van der Waals surface area contributed by atoms with Gasteiger partial charge in [0, 0.05) is 18.2 Å². The van der Waals surface area contributed by atoms with Crippen LogP contribution in [-0.2, 0) is 6.42 Å². The molecule has 0 fully saturated rings. The predicted molar refractivity (Wildman–Crippen MR) is 83.9 cm³/mol. The van der Waals surface area contributed by atoms with Crippen LogP contribution < -0.4 is 10.6 Å². The Morgan fingerprint density at radius 3 is 2.43 bits per heavy atom. The summed E-state index contributed by atoms with van der Waals surface area (Å²) in [6.45, 7) is -0.0412. The molecule has 0 radical (unpaired) electrons. The molecule has 1 aromatic carbocycles. The van der Waals surface area contributed by atoms with E-state index in [9.17, 15) is 17.6 Å². The maximum absolute atomic E-state index is 13.5. The Morgan fingerprint density at radius 1 is 1.17 bits per heavy atom. The van der Waals surface area contributed by atoms with E-state index < -0.39 is 28.8 Å². The molecular formula is C13H9BrF4N4S.